The maximum Gasteiger partial charge on any atom is 0.267 e. The Morgan fingerprint density at radius 3 is 2.30 bits per heavy atom. The Balaban J connectivity index is 1.72. The van der Waals surface area contributed by atoms with E-state index in [9.17, 15) is 0 Å². The monoisotopic (exact) mass is 330 g/mol. The van der Waals surface area contributed by atoms with E-state index in [0.717, 1.165) is 11.3 Å². The summed E-state index contributed by atoms with van der Waals surface area (Å²) in [6.45, 7) is 1.85. The average Bonchev–Trinajstić information content (AvgIpc) is 3.06. The molecule has 5 nitrogen and oxygen atoms in total. The molecule has 0 saturated carbocycles. The van der Waals surface area contributed by atoms with E-state index in [0.29, 0.717) is 22.5 Å². The van der Waals surface area contributed by atoms with Gasteiger partial charge < -0.3 is 14.0 Å². The maximum absolute atomic E-state index is 5.87. The van der Waals surface area contributed by atoms with Crippen molar-refractivity contribution < 1.29 is 14.0 Å². The van der Waals surface area contributed by atoms with Crippen LogP contribution in [0.1, 0.15) is 18.9 Å². The van der Waals surface area contributed by atoms with Gasteiger partial charge in [0.2, 0.25) is 5.82 Å². The van der Waals surface area contributed by atoms with Crippen molar-refractivity contribution in [3.8, 4) is 22.9 Å². The van der Waals surface area contributed by atoms with Gasteiger partial charge in [-0.2, -0.15) is 4.98 Å². The molecule has 1 heterocycles. The molecular weight excluding hydrogens is 316 g/mol. The van der Waals surface area contributed by atoms with E-state index >= 15 is 0 Å². The van der Waals surface area contributed by atoms with E-state index in [2.05, 4.69) is 10.1 Å². The Labute approximate surface area is 138 Å². The number of rotatable bonds is 5. The van der Waals surface area contributed by atoms with Crippen molar-refractivity contribution in [3.63, 3.8) is 0 Å². The molecule has 3 rings (SSSR count). The van der Waals surface area contributed by atoms with Gasteiger partial charge in [-0.15, -0.1) is 0 Å². The molecule has 0 saturated heterocycles. The summed E-state index contributed by atoms with van der Waals surface area (Å²) in [5.74, 6) is 2.38. The van der Waals surface area contributed by atoms with E-state index < -0.39 is 0 Å². The molecule has 0 aliphatic carbocycles. The number of nitrogens with zero attached hydrogens (tertiary/aromatic N) is 2. The molecule has 3 aromatic rings. The van der Waals surface area contributed by atoms with Crippen LogP contribution in [0.15, 0.2) is 53.1 Å². The predicted molar refractivity (Wildman–Crippen MR) is 86.8 cm³/mol. The fourth-order valence-electron chi connectivity index (χ4n) is 2.03. The normalized spacial score (nSPS) is 12.0. The summed E-state index contributed by atoms with van der Waals surface area (Å²) >= 11 is 5.87. The minimum absolute atomic E-state index is 0.364. The molecule has 118 valence electrons. The van der Waals surface area contributed by atoms with Gasteiger partial charge in [-0.05, 0) is 55.5 Å². The first-order chi connectivity index (χ1) is 11.2. The molecule has 0 aliphatic heterocycles. The summed E-state index contributed by atoms with van der Waals surface area (Å²) in [5, 5.41) is 4.64. The van der Waals surface area contributed by atoms with Gasteiger partial charge in [-0.25, -0.2) is 0 Å². The topological polar surface area (TPSA) is 57.4 Å². The smallest absolute Gasteiger partial charge is 0.267 e. The Bertz CT molecular complexity index is 769. The van der Waals surface area contributed by atoms with Gasteiger partial charge in [-0.1, -0.05) is 16.8 Å². The number of methoxy groups -OCH3 is 1. The van der Waals surface area contributed by atoms with Crippen LogP contribution in [0.3, 0.4) is 0 Å². The number of hydrogen-bond acceptors (Lipinski definition) is 5. The Kier molecular flexibility index (Phi) is 4.48. The van der Waals surface area contributed by atoms with E-state index in [1.807, 2.05) is 43.3 Å². The van der Waals surface area contributed by atoms with Gasteiger partial charge in [0.05, 0.1) is 7.11 Å². The van der Waals surface area contributed by atoms with Gasteiger partial charge in [0, 0.05) is 10.6 Å². The minimum atomic E-state index is -0.364. The molecular formula is C17H15ClN2O3. The zero-order chi connectivity index (χ0) is 16.2. The van der Waals surface area contributed by atoms with Crippen molar-refractivity contribution in [1.29, 1.82) is 0 Å². The SMILES string of the molecule is COc1ccc(O[C@@H](C)c2nc(-c3ccc(Cl)cc3)no2)cc1. The number of ether oxygens (including phenoxy) is 2. The van der Waals surface area contributed by atoms with Crippen LogP contribution in [0.25, 0.3) is 11.4 Å². The van der Waals surface area contributed by atoms with Crippen molar-refractivity contribution in [2.45, 2.75) is 13.0 Å². The summed E-state index contributed by atoms with van der Waals surface area (Å²) in [7, 11) is 1.62. The molecule has 2 aromatic carbocycles. The van der Waals surface area contributed by atoms with Gasteiger partial charge >= 0.3 is 0 Å². The minimum Gasteiger partial charge on any atom is -0.497 e. The van der Waals surface area contributed by atoms with Crippen LogP contribution in [0.5, 0.6) is 11.5 Å². The fourth-order valence-corrected chi connectivity index (χ4v) is 2.15. The van der Waals surface area contributed by atoms with Gasteiger partial charge in [0.15, 0.2) is 6.10 Å². The average molecular weight is 331 g/mol. The van der Waals surface area contributed by atoms with Gasteiger partial charge in [-0.3, -0.25) is 0 Å². The van der Waals surface area contributed by atoms with Crippen LogP contribution in [-0.2, 0) is 0 Å². The molecule has 0 spiro atoms. The third-order valence-electron chi connectivity index (χ3n) is 3.26. The Morgan fingerprint density at radius 1 is 1.00 bits per heavy atom. The first-order valence-corrected chi connectivity index (χ1v) is 7.44. The molecule has 0 N–H and O–H groups in total. The number of halogens is 1. The van der Waals surface area contributed by atoms with Crippen molar-refractivity contribution in [1.82, 2.24) is 10.1 Å². The lowest BCUT2D eigenvalue weighted by Gasteiger charge is -2.10. The largest absolute Gasteiger partial charge is 0.497 e. The quantitative estimate of drug-likeness (QED) is 0.687. The van der Waals surface area contributed by atoms with Crippen molar-refractivity contribution in [2.75, 3.05) is 7.11 Å². The highest BCUT2D eigenvalue weighted by molar-refractivity contribution is 6.30. The number of benzene rings is 2. The summed E-state index contributed by atoms with van der Waals surface area (Å²) < 4.78 is 16.2. The van der Waals surface area contributed by atoms with E-state index in [1.165, 1.54) is 0 Å². The zero-order valence-electron chi connectivity index (χ0n) is 12.7. The molecule has 1 aromatic heterocycles. The highest BCUT2D eigenvalue weighted by Crippen LogP contribution is 2.25. The molecule has 0 fully saturated rings. The lowest BCUT2D eigenvalue weighted by molar-refractivity contribution is 0.175. The molecule has 0 aliphatic rings. The van der Waals surface area contributed by atoms with Gasteiger partial charge in [0.1, 0.15) is 11.5 Å². The third kappa shape index (κ3) is 3.63. The summed E-state index contributed by atoms with van der Waals surface area (Å²) in [6, 6.07) is 14.5. The van der Waals surface area contributed by atoms with Crippen molar-refractivity contribution in [2.24, 2.45) is 0 Å². The molecule has 0 radical (unpaired) electrons. The van der Waals surface area contributed by atoms with Crippen LogP contribution in [0.2, 0.25) is 5.02 Å². The van der Waals surface area contributed by atoms with Crippen LogP contribution in [-0.4, -0.2) is 17.3 Å². The second-order valence-corrected chi connectivity index (χ2v) is 5.34. The predicted octanol–water partition coefficient (Wildman–Crippen LogP) is 4.54. The zero-order valence-corrected chi connectivity index (χ0v) is 13.4. The number of hydrogen-bond donors (Lipinski definition) is 0. The summed E-state index contributed by atoms with van der Waals surface area (Å²) in [4.78, 5) is 4.37. The summed E-state index contributed by atoms with van der Waals surface area (Å²) in [6.07, 6.45) is -0.364. The molecule has 0 bridgehead atoms. The van der Waals surface area contributed by atoms with Gasteiger partial charge in [0.25, 0.3) is 5.89 Å². The van der Waals surface area contributed by atoms with Crippen molar-refractivity contribution in [3.05, 3.63) is 59.4 Å². The van der Waals surface area contributed by atoms with Crippen molar-refractivity contribution >= 4 is 11.6 Å². The van der Waals surface area contributed by atoms with E-state index in [-0.39, 0.29) is 6.10 Å². The first-order valence-electron chi connectivity index (χ1n) is 7.06. The molecule has 23 heavy (non-hydrogen) atoms. The highest BCUT2D eigenvalue weighted by atomic mass is 35.5. The Morgan fingerprint density at radius 2 is 1.65 bits per heavy atom. The second kappa shape index (κ2) is 6.71. The molecule has 1 atom stereocenters. The lowest BCUT2D eigenvalue weighted by Crippen LogP contribution is -2.03. The first kappa shape index (κ1) is 15.4. The molecule has 6 heteroatoms. The van der Waals surface area contributed by atoms with Crippen LogP contribution in [0, 0.1) is 0 Å². The molecule has 0 unspecified atom stereocenters. The third-order valence-corrected chi connectivity index (χ3v) is 3.52. The standard InChI is InChI=1S/C17H15ClN2O3/c1-11(22-15-9-7-14(21-2)8-10-15)17-19-16(20-23-17)12-3-5-13(18)6-4-12/h3-11H,1-2H3/t11-/m0/s1. The highest BCUT2D eigenvalue weighted by Gasteiger charge is 2.17. The van der Waals surface area contributed by atoms with E-state index in [4.69, 9.17) is 25.6 Å². The summed E-state index contributed by atoms with van der Waals surface area (Å²) in [5.41, 5.74) is 0.834. The van der Waals surface area contributed by atoms with E-state index in [1.54, 1.807) is 19.2 Å². The fraction of sp³-hybridized carbons (Fsp3) is 0.176. The number of aromatic nitrogens is 2. The lowest BCUT2D eigenvalue weighted by atomic mass is 10.2. The Hall–Kier alpha value is -2.53. The second-order valence-electron chi connectivity index (χ2n) is 4.90. The van der Waals surface area contributed by atoms with Crippen LogP contribution < -0.4 is 9.47 Å². The van der Waals surface area contributed by atoms with Crippen LogP contribution >= 0.6 is 11.6 Å². The maximum atomic E-state index is 5.87. The van der Waals surface area contributed by atoms with Crippen LogP contribution in [0.4, 0.5) is 0 Å². The molecule has 0 amide bonds.